The third-order valence-corrected chi connectivity index (χ3v) is 3.85. The molecule has 1 aliphatic carbocycles. The molecule has 1 unspecified atom stereocenters. The first kappa shape index (κ1) is 19.6. The molecule has 6 nitrogen and oxygen atoms in total. The van der Waals surface area contributed by atoms with Gasteiger partial charge in [-0.15, -0.1) is 5.10 Å². The van der Waals surface area contributed by atoms with Crippen LogP contribution < -0.4 is 4.74 Å². The van der Waals surface area contributed by atoms with Gasteiger partial charge in [-0.05, 0) is 40.0 Å². The van der Waals surface area contributed by atoms with E-state index in [0.29, 0.717) is 0 Å². The minimum Gasteiger partial charge on any atom is -0.474 e. The molecule has 0 radical (unpaired) electrons. The molecule has 1 saturated carbocycles. The van der Waals surface area contributed by atoms with Gasteiger partial charge >= 0.3 is 12.3 Å². The van der Waals surface area contributed by atoms with Crippen LogP contribution in [-0.2, 0) is 4.74 Å². The van der Waals surface area contributed by atoms with Crippen LogP contribution in [-0.4, -0.2) is 52.7 Å². The smallest absolute Gasteiger partial charge is 0.435 e. The van der Waals surface area contributed by atoms with Crippen LogP contribution in [0.5, 0.6) is 5.88 Å². The second-order valence-corrected chi connectivity index (χ2v) is 7.82. The van der Waals surface area contributed by atoms with E-state index in [0.717, 1.165) is 4.68 Å². The highest BCUT2D eigenvalue weighted by molar-refractivity contribution is 6.14. The highest BCUT2D eigenvalue weighted by atomic mass is 19.4. The van der Waals surface area contributed by atoms with Gasteiger partial charge in [0.1, 0.15) is 20.1 Å². The molecule has 0 aromatic carbocycles. The summed E-state index contributed by atoms with van der Waals surface area (Å²) < 4.78 is 50.3. The van der Waals surface area contributed by atoms with Gasteiger partial charge in [0, 0.05) is 12.3 Å². The number of aliphatic hydroxyl groups is 1. The summed E-state index contributed by atoms with van der Waals surface area (Å²) in [4.78, 5) is 11.8. The highest BCUT2D eigenvalue weighted by Gasteiger charge is 2.64. The number of halogens is 3. The summed E-state index contributed by atoms with van der Waals surface area (Å²) in [6.07, 6.45) is -4.13. The SMILES string of the molecule is BC(O)(COc1ccn(C(=O)OC(C)(C)C)n1)CC1(C(F)(F)F)CC1. The van der Waals surface area contributed by atoms with Crippen molar-refractivity contribution >= 4 is 13.9 Å². The second-order valence-electron chi connectivity index (χ2n) is 7.82. The molecule has 10 heteroatoms. The molecule has 1 N–H and O–H groups in total. The summed E-state index contributed by atoms with van der Waals surface area (Å²) in [6, 6.07) is 1.37. The maximum absolute atomic E-state index is 13.0. The quantitative estimate of drug-likeness (QED) is 0.813. The molecule has 0 saturated heterocycles. The Labute approximate surface area is 144 Å². The number of hydrogen-bond acceptors (Lipinski definition) is 5. The van der Waals surface area contributed by atoms with Gasteiger partial charge in [-0.3, -0.25) is 0 Å². The zero-order valence-electron chi connectivity index (χ0n) is 14.7. The van der Waals surface area contributed by atoms with E-state index in [1.807, 2.05) is 0 Å². The molecule has 25 heavy (non-hydrogen) atoms. The summed E-state index contributed by atoms with van der Waals surface area (Å²) in [5.41, 5.74) is -4.18. The van der Waals surface area contributed by atoms with Crippen molar-refractivity contribution < 1.29 is 32.5 Å². The molecule has 0 spiro atoms. The number of nitrogens with zero attached hydrogens (tertiary/aromatic N) is 2. The number of aromatic nitrogens is 2. The van der Waals surface area contributed by atoms with Crippen molar-refractivity contribution in [2.45, 2.75) is 57.3 Å². The standard InChI is InChI=1S/C15H22BF3N2O4/c1-12(2,3)25-11(22)21-7-4-10(20-21)24-9-14(16,23)8-13(5-6-13)15(17,18)19/h4,7,23H,5-6,8-9,16H2,1-3H3. The van der Waals surface area contributed by atoms with Gasteiger partial charge in [-0.2, -0.15) is 17.9 Å². The van der Waals surface area contributed by atoms with Gasteiger partial charge in [0.05, 0.1) is 10.9 Å². The van der Waals surface area contributed by atoms with E-state index in [2.05, 4.69) is 5.10 Å². The van der Waals surface area contributed by atoms with Gasteiger partial charge in [0.25, 0.3) is 0 Å². The lowest BCUT2D eigenvalue weighted by atomic mass is 9.74. The normalized spacial score (nSPS) is 19.2. The van der Waals surface area contributed by atoms with E-state index in [-0.39, 0.29) is 25.3 Å². The molecule has 1 aromatic rings. The second kappa shape index (κ2) is 6.23. The summed E-state index contributed by atoms with van der Waals surface area (Å²) in [5, 5.41) is 14.1. The minimum atomic E-state index is -4.34. The van der Waals surface area contributed by atoms with Crippen LogP contribution in [0.25, 0.3) is 0 Å². The van der Waals surface area contributed by atoms with Gasteiger partial charge in [0.15, 0.2) is 0 Å². The third kappa shape index (κ3) is 5.13. The van der Waals surface area contributed by atoms with Crippen molar-refractivity contribution in [1.29, 1.82) is 0 Å². The van der Waals surface area contributed by atoms with E-state index in [1.54, 1.807) is 20.8 Å². The number of alkyl halides is 3. The molecule has 140 valence electrons. The Bertz CT molecular complexity index is 633. The maximum atomic E-state index is 13.0. The molecule has 0 amide bonds. The highest BCUT2D eigenvalue weighted by Crippen LogP contribution is 2.61. The molecule has 0 bridgehead atoms. The zero-order valence-corrected chi connectivity index (χ0v) is 14.7. The number of carbonyl (C=O) groups is 1. The maximum Gasteiger partial charge on any atom is 0.435 e. The van der Waals surface area contributed by atoms with Gasteiger partial charge in [-0.25, -0.2) is 4.79 Å². The summed E-state index contributed by atoms with van der Waals surface area (Å²) in [6.45, 7) is 4.75. The molecular formula is C15H22BF3N2O4. The predicted octanol–water partition coefficient (Wildman–Crippen LogP) is 2.10. The topological polar surface area (TPSA) is 73.6 Å². The fraction of sp³-hybridized carbons (Fsp3) is 0.733. The Morgan fingerprint density at radius 1 is 1.40 bits per heavy atom. The first-order valence-corrected chi connectivity index (χ1v) is 7.94. The first-order valence-electron chi connectivity index (χ1n) is 7.94. The first-order chi connectivity index (χ1) is 11.2. The van der Waals surface area contributed by atoms with Gasteiger partial charge in [0.2, 0.25) is 5.88 Å². The largest absolute Gasteiger partial charge is 0.474 e. The van der Waals surface area contributed by atoms with Crippen molar-refractivity contribution in [3.8, 4) is 5.88 Å². The van der Waals surface area contributed by atoms with Crippen LogP contribution in [0.2, 0.25) is 0 Å². The number of ether oxygens (including phenoxy) is 2. The fourth-order valence-electron chi connectivity index (χ4n) is 2.52. The molecule has 1 heterocycles. The van der Waals surface area contributed by atoms with Crippen molar-refractivity contribution in [2.24, 2.45) is 5.41 Å². The Kier molecular flexibility index (Phi) is 4.89. The lowest BCUT2D eigenvalue weighted by Gasteiger charge is -2.29. The number of rotatable bonds is 5. The van der Waals surface area contributed by atoms with Crippen molar-refractivity contribution in [3.63, 3.8) is 0 Å². The van der Waals surface area contributed by atoms with E-state index in [1.165, 1.54) is 20.1 Å². The molecular weight excluding hydrogens is 340 g/mol. The van der Waals surface area contributed by atoms with Crippen molar-refractivity contribution in [2.75, 3.05) is 6.61 Å². The average Bonchev–Trinajstić information content (AvgIpc) is 3.02. The lowest BCUT2D eigenvalue weighted by Crippen LogP contribution is -2.42. The molecule has 2 rings (SSSR count). The Balaban J connectivity index is 1.92. The number of hydrogen-bond donors (Lipinski definition) is 1. The predicted molar refractivity (Wildman–Crippen MR) is 85.2 cm³/mol. The van der Waals surface area contributed by atoms with E-state index in [9.17, 15) is 23.1 Å². The van der Waals surface area contributed by atoms with Crippen LogP contribution in [0, 0.1) is 5.41 Å². The number of carbonyl (C=O) groups excluding carboxylic acids is 1. The molecule has 1 aromatic heterocycles. The van der Waals surface area contributed by atoms with Crippen LogP contribution in [0.1, 0.15) is 40.0 Å². The van der Waals surface area contributed by atoms with Gasteiger partial charge < -0.3 is 14.6 Å². The monoisotopic (exact) mass is 362 g/mol. The summed E-state index contributed by atoms with van der Waals surface area (Å²) in [7, 11) is 1.30. The van der Waals surface area contributed by atoms with E-state index < -0.39 is 35.2 Å². The van der Waals surface area contributed by atoms with Crippen molar-refractivity contribution in [1.82, 2.24) is 9.78 Å². The Hall–Kier alpha value is -1.71. The molecule has 1 aliphatic rings. The fourth-order valence-corrected chi connectivity index (χ4v) is 2.52. The van der Waals surface area contributed by atoms with Crippen LogP contribution in [0.15, 0.2) is 12.3 Å². The summed E-state index contributed by atoms with van der Waals surface area (Å²) in [5.74, 6) is 0.0167. The van der Waals surface area contributed by atoms with E-state index in [4.69, 9.17) is 9.47 Å². The lowest BCUT2D eigenvalue weighted by molar-refractivity contribution is -0.198. The van der Waals surface area contributed by atoms with Crippen molar-refractivity contribution in [3.05, 3.63) is 12.3 Å². The molecule has 1 fully saturated rings. The third-order valence-electron chi connectivity index (χ3n) is 3.85. The zero-order chi connectivity index (χ0) is 19.1. The van der Waals surface area contributed by atoms with Gasteiger partial charge in [-0.1, -0.05) is 0 Å². The summed E-state index contributed by atoms with van der Waals surface area (Å²) >= 11 is 0. The van der Waals surface area contributed by atoms with Crippen LogP contribution >= 0.6 is 0 Å². The molecule has 0 aliphatic heterocycles. The van der Waals surface area contributed by atoms with Crippen LogP contribution in [0.4, 0.5) is 18.0 Å². The van der Waals surface area contributed by atoms with Crippen LogP contribution in [0.3, 0.4) is 0 Å². The average molecular weight is 362 g/mol. The minimum absolute atomic E-state index is 0.0138. The Morgan fingerprint density at radius 3 is 2.48 bits per heavy atom. The van der Waals surface area contributed by atoms with E-state index >= 15 is 0 Å². The molecule has 1 atom stereocenters. The Morgan fingerprint density at radius 2 is 2.00 bits per heavy atom.